The van der Waals surface area contributed by atoms with Crippen LogP contribution in [0.3, 0.4) is 0 Å². The molecule has 14 heavy (non-hydrogen) atoms. The first-order chi connectivity index (χ1) is 6.46. The molecule has 74 valence electrons. The van der Waals surface area contributed by atoms with E-state index in [9.17, 15) is 13.2 Å². The highest BCUT2D eigenvalue weighted by Gasteiger charge is 2.33. The number of alkyl halides is 3. The minimum Gasteiger partial charge on any atom is -0.198 e. The Morgan fingerprint density at radius 3 is 2.50 bits per heavy atom. The molecule has 1 aromatic carbocycles. The Bertz CT molecular complexity index is 374. The summed E-state index contributed by atoms with van der Waals surface area (Å²) >= 11 is 0. The van der Waals surface area contributed by atoms with Gasteiger partial charge in [0.1, 0.15) is 0 Å². The standard InChI is InChI=1S/C10H8F3N/c1-7-3-2-4-9(10(11,12)13)8(7)5-6-14/h2-4H,5H2,1H3. The first kappa shape index (κ1) is 10.6. The van der Waals surface area contributed by atoms with Crippen LogP contribution in [0.25, 0.3) is 0 Å². The Labute approximate surface area is 79.8 Å². The van der Waals surface area contributed by atoms with Gasteiger partial charge in [0.2, 0.25) is 0 Å². The summed E-state index contributed by atoms with van der Waals surface area (Å²) in [6.07, 6.45) is -4.58. The Balaban J connectivity index is 3.30. The van der Waals surface area contributed by atoms with Gasteiger partial charge in [0.15, 0.2) is 0 Å². The number of rotatable bonds is 1. The van der Waals surface area contributed by atoms with E-state index in [1.807, 2.05) is 0 Å². The van der Waals surface area contributed by atoms with Crippen molar-refractivity contribution in [3.8, 4) is 6.07 Å². The number of hydrogen-bond donors (Lipinski definition) is 0. The van der Waals surface area contributed by atoms with Gasteiger partial charge in [0, 0.05) is 0 Å². The van der Waals surface area contributed by atoms with Gasteiger partial charge in [-0.05, 0) is 24.1 Å². The lowest BCUT2D eigenvalue weighted by Crippen LogP contribution is -2.10. The lowest BCUT2D eigenvalue weighted by Gasteiger charge is -2.12. The molecule has 0 N–H and O–H groups in total. The van der Waals surface area contributed by atoms with Gasteiger partial charge in [-0.1, -0.05) is 12.1 Å². The molecule has 0 aliphatic heterocycles. The van der Waals surface area contributed by atoms with Crippen LogP contribution in [-0.4, -0.2) is 0 Å². The van der Waals surface area contributed by atoms with Crippen LogP contribution >= 0.6 is 0 Å². The van der Waals surface area contributed by atoms with Gasteiger partial charge in [0.05, 0.1) is 18.1 Å². The van der Waals surface area contributed by atoms with E-state index in [0.717, 1.165) is 6.07 Å². The predicted octanol–water partition coefficient (Wildman–Crippen LogP) is 3.08. The average Bonchev–Trinajstić information content (AvgIpc) is 2.07. The average molecular weight is 199 g/mol. The molecule has 0 unspecified atom stereocenters. The molecule has 0 saturated carbocycles. The van der Waals surface area contributed by atoms with Crippen molar-refractivity contribution in [3.63, 3.8) is 0 Å². The monoisotopic (exact) mass is 199 g/mol. The second-order valence-corrected chi connectivity index (χ2v) is 2.93. The van der Waals surface area contributed by atoms with Crippen molar-refractivity contribution in [2.45, 2.75) is 19.5 Å². The fourth-order valence-corrected chi connectivity index (χ4v) is 1.28. The molecule has 0 aromatic heterocycles. The Kier molecular flexibility index (Phi) is 2.80. The summed E-state index contributed by atoms with van der Waals surface area (Å²) < 4.78 is 37.3. The third kappa shape index (κ3) is 2.05. The fourth-order valence-electron chi connectivity index (χ4n) is 1.28. The summed E-state index contributed by atoms with van der Waals surface area (Å²) in [6, 6.07) is 5.65. The number of hydrogen-bond acceptors (Lipinski definition) is 1. The summed E-state index contributed by atoms with van der Waals surface area (Å²) in [6.45, 7) is 1.57. The van der Waals surface area contributed by atoms with E-state index in [1.54, 1.807) is 19.1 Å². The zero-order valence-electron chi connectivity index (χ0n) is 7.52. The van der Waals surface area contributed by atoms with Gasteiger partial charge in [-0.2, -0.15) is 18.4 Å². The molecular weight excluding hydrogens is 191 g/mol. The first-order valence-electron chi connectivity index (χ1n) is 3.99. The van der Waals surface area contributed by atoms with Gasteiger partial charge in [-0.15, -0.1) is 0 Å². The lowest BCUT2D eigenvalue weighted by molar-refractivity contribution is -0.138. The maximum Gasteiger partial charge on any atom is 0.416 e. The summed E-state index contributed by atoms with van der Waals surface area (Å²) in [5, 5.41) is 8.42. The van der Waals surface area contributed by atoms with E-state index in [2.05, 4.69) is 0 Å². The summed E-state index contributed by atoms with van der Waals surface area (Å²) in [4.78, 5) is 0. The highest BCUT2D eigenvalue weighted by atomic mass is 19.4. The number of benzene rings is 1. The fraction of sp³-hybridized carbons (Fsp3) is 0.300. The molecule has 0 radical (unpaired) electrons. The Morgan fingerprint density at radius 2 is 2.00 bits per heavy atom. The number of halogens is 3. The lowest BCUT2D eigenvalue weighted by atomic mass is 9.99. The molecule has 0 fully saturated rings. The molecule has 0 amide bonds. The largest absolute Gasteiger partial charge is 0.416 e. The van der Waals surface area contributed by atoms with Crippen LogP contribution in [0.1, 0.15) is 16.7 Å². The minimum atomic E-state index is -4.38. The maximum atomic E-state index is 12.4. The second-order valence-electron chi connectivity index (χ2n) is 2.93. The Morgan fingerprint density at radius 1 is 1.36 bits per heavy atom. The third-order valence-corrected chi connectivity index (χ3v) is 1.97. The van der Waals surface area contributed by atoms with Crippen LogP contribution in [-0.2, 0) is 12.6 Å². The zero-order chi connectivity index (χ0) is 10.8. The molecular formula is C10H8F3N. The summed E-state index contributed by atoms with van der Waals surface area (Å²) in [7, 11) is 0. The molecule has 0 spiro atoms. The van der Waals surface area contributed by atoms with Crippen molar-refractivity contribution >= 4 is 0 Å². The van der Waals surface area contributed by atoms with Gasteiger partial charge in [-0.3, -0.25) is 0 Å². The van der Waals surface area contributed by atoms with Gasteiger partial charge >= 0.3 is 6.18 Å². The van der Waals surface area contributed by atoms with Crippen LogP contribution in [0.2, 0.25) is 0 Å². The summed E-state index contributed by atoms with van der Waals surface area (Å²) in [5.74, 6) is 0. The van der Waals surface area contributed by atoms with Crippen molar-refractivity contribution in [3.05, 3.63) is 34.9 Å². The van der Waals surface area contributed by atoms with Crippen LogP contribution in [0.15, 0.2) is 18.2 Å². The number of nitrogens with zero attached hydrogens (tertiary/aromatic N) is 1. The summed E-state index contributed by atoms with van der Waals surface area (Å²) in [5.41, 5.74) is -0.136. The van der Waals surface area contributed by atoms with Crippen LogP contribution in [0, 0.1) is 18.3 Å². The normalized spacial score (nSPS) is 11.1. The number of aryl methyl sites for hydroxylation is 1. The van der Waals surface area contributed by atoms with E-state index in [-0.39, 0.29) is 12.0 Å². The molecule has 0 saturated heterocycles. The van der Waals surface area contributed by atoms with Crippen molar-refractivity contribution < 1.29 is 13.2 Å². The highest BCUT2D eigenvalue weighted by molar-refractivity contribution is 5.38. The quantitative estimate of drug-likeness (QED) is 0.681. The van der Waals surface area contributed by atoms with E-state index in [0.29, 0.717) is 5.56 Å². The molecule has 1 aromatic rings. The Hall–Kier alpha value is -1.50. The molecule has 0 bridgehead atoms. The van der Waals surface area contributed by atoms with E-state index < -0.39 is 11.7 Å². The van der Waals surface area contributed by atoms with Crippen molar-refractivity contribution in [2.75, 3.05) is 0 Å². The van der Waals surface area contributed by atoms with E-state index in [4.69, 9.17) is 5.26 Å². The third-order valence-electron chi connectivity index (χ3n) is 1.97. The molecule has 0 heterocycles. The first-order valence-corrected chi connectivity index (χ1v) is 3.99. The predicted molar refractivity (Wildman–Crippen MR) is 45.5 cm³/mol. The van der Waals surface area contributed by atoms with Crippen LogP contribution in [0.4, 0.5) is 13.2 Å². The van der Waals surface area contributed by atoms with Gasteiger partial charge in [-0.25, -0.2) is 0 Å². The molecule has 0 atom stereocenters. The van der Waals surface area contributed by atoms with Crippen LogP contribution < -0.4 is 0 Å². The van der Waals surface area contributed by atoms with E-state index >= 15 is 0 Å². The smallest absolute Gasteiger partial charge is 0.198 e. The molecule has 1 rings (SSSR count). The second kappa shape index (κ2) is 3.70. The van der Waals surface area contributed by atoms with Crippen molar-refractivity contribution in [1.82, 2.24) is 0 Å². The van der Waals surface area contributed by atoms with E-state index in [1.165, 1.54) is 6.07 Å². The molecule has 0 aliphatic rings. The zero-order valence-corrected chi connectivity index (χ0v) is 7.52. The van der Waals surface area contributed by atoms with Gasteiger partial charge < -0.3 is 0 Å². The minimum absolute atomic E-state index is 0.0718. The maximum absolute atomic E-state index is 12.4. The highest BCUT2D eigenvalue weighted by Crippen LogP contribution is 2.33. The molecule has 1 nitrogen and oxygen atoms in total. The molecule has 0 aliphatic carbocycles. The SMILES string of the molecule is Cc1cccc(C(F)(F)F)c1CC#N. The van der Waals surface area contributed by atoms with Gasteiger partial charge in [0.25, 0.3) is 0 Å². The van der Waals surface area contributed by atoms with Crippen molar-refractivity contribution in [2.24, 2.45) is 0 Å². The van der Waals surface area contributed by atoms with Crippen LogP contribution in [0.5, 0.6) is 0 Å². The topological polar surface area (TPSA) is 23.8 Å². The van der Waals surface area contributed by atoms with Crippen molar-refractivity contribution in [1.29, 1.82) is 5.26 Å². The molecule has 4 heteroatoms. The number of nitriles is 1.